The van der Waals surface area contributed by atoms with E-state index in [1.165, 1.54) is 27.7 Å². The largest absolute Gasteiger partial charge is 0.459 e. The van der Waals surface area contributed by atoms with Gasteiger partial charge in [0.05, 0.1) is 34.9 Å². The number of hydrogen-bond acceptors (Lipinski definition) is 12. The summed E-state index contributed by atoms with van der Waals surface area (Å²) in [6, 6.07) is 1.45. The van der Waals surface area contributed by atoms with E-state index >= 15 is 0 Å². The maximum Gasteiger partial charge on any atom is 0.416 e. The summed E-state index contributed by atoms with van der Waals surface area (Å²) in [5.74, 6) is -5.25. The summed E-state index contributed by atoms with van der Waals surface area (Å²) >= 11 is 0. The van der Waals surface area contributed by atoms with E-state index < -0.39 is 114 Å². The Morgan fingerprint density at radius 3 is 2.28 bits per heavy atom. The normalized spacial score (nSPS) is 40.9. The fourth-order valence-corrected chi connectivity index (χ4v) is 8.12. The van der Waals surface area contributed by atoms with Crippen LogP contribution in [0.4, 0.5) is 17.6 Å². The number of cyclic esters (lactones) is 1. The van der Waals surface area contributed by atoms with Gasteiger partial charge in [-0.25, -0.2) is 4.39 Å². The number of aliphatic hydroxyl groups excluding tert-OH is 2. The van der Waals surface area contributed by atoms with Gasteiger partial charge in [-0.2, -0.15) is 13.2 Å². The quantitative estimate of drug-likeness (QED) is 0.152. The Balaban J connectivity index is 2.18. The first-order valence-electron chi connectivity index (χ1n) is 18.8. The number of rotatable bonds is 8. The minimum atomic E-state index is -4.89. The molecule has 1 unspecified atom stereocenters. The SMILES string of the molecule is CC[C@H]1OC(=O)C(C)[C@@](O)(CNCc2c(F)cccc2C(F)(F)F)[C@H](C)[C@@H](O[C@@H]2O[C@H](C)C[C@H](N(C)C)[C@H]2O)[C@@](C)(O)C[C@@H](C)CN[C@H](C)[C@@H](O)[C@]1(C)O. The number of benzene rings is 1. The van der Waals surface area contributed by atoms with Crippen molar-refractivity contribution in [3.8, 4) is 0 Å². The Morgan fingerprint density at radius 1 is 1.07 bits per heavy atom. The van der Waals surface area contributed by atoms with Crippen LogP contribution in [0.25, 0.3) is 0 Å². The molecule has 0 saturated carbocycles. The van der Waals surface area contributed by atoms with E-state index in [0.717, 1.165) is 18.2 Å². The van der Waals surface area contributed by atoms with E-state index in [1.807, 2.05) is 11.8 Å². The van der Waals surface area contributed by atoms with Gasteiger partial charge < -0.3 is 55.3 Å². The molecule has 2 aliphatic heterocycles. The van der Waals surface area contributed by atoms with Crippen LogP contribution in [0.3, 0.4) is 0 Å². The monoisotopic (exact) mass is 781 g/mol. The molecule has 1 aromatic rings. The summed E-state index contributed by atoms with van der Waals surface area (Å²) in [6.07, 6.45) is -11.3. The van der Waals surface area contributed by atoms with Crippen LogP contribution in [0.15, 0.2) is 18.2 Å². The number of nitrogens with one attached hydrogen (secondary N) is 2. The van der Waals surface area contributed by atoms with Crippen LogP contribution >= 0.6 is 0 Å². The number of nitrogens with zero attached hydrogens (tertiary/aromatic N) is 1. The van der Waals surface area contributed by atoms with Crippen molar-refractivity contribution in [2.24, 2.45) is 17.8 Å². The zero-order valence-corrected chi connectivity index (χ0v) is 33.2. The van der Waals surface area contributed by atoms with Gasteiger partial charge in [0.25, 0.3) is 0 Å². The number of ether oxygens (including phenoxy) is 3. The molecule has 2 heterocycles. The van der Waals surface area contributed by atoms with Gasteiger partial charge in [0, 0.05) is 36.7 Å². The lowest BCUT2D eigenvalue weighted by Gasteiger charge is -2.49. The van der Waals surface area contributed by atoms with Crippen LogP contribution in [0.5, 0.6) is 0 Å². The molecule has 12 nitrogen and oxygen atoms in total. The number of esters is 1. The Morgan fingerprint density at radius 2 is 1.70 bits per heavy atom. The maximum atomic E-state index is 14.9. The van der Waals surface area contributed by atoms with Gasteiger partial charge in [0.15, 0.2) is 6.29 Å². The first kappa shape index (κ1) is 46.4. The van der Waals surface area contributed by atoms with Crippen LogP contribution in [0.2, 0.25) is 0 Å². The predicted molar refractivity (Wildman–Crippen MR) is 192 cm³/mol. The van der Waals surface area contributed by atoms with Crippen molar-refractivity contribution in [2.75, 3.05) is 27.2 Å². The number of aliphatic hydroxyl groups is 5. The van der Waals surface area contributed by atoms with Crippen molar-refractivity contribution >= 4 is 5.97 Å². The molecule has 312 valence electrons. The highest BCUT2D eigenvalue weighted by Crippen LogP contribution is 2.41. The van der Waals surface area contributed by atoms with Crippen molar-refractivity contribution in [1.29, 1.82) is 0 Å². The summed E-state index contributed by atoms with van der Waals surface area (Å²) in [5.41, 5.74) is -8.01. The van der Waals surface area contributed by atoms with Crippen LogP contribution in [-0.4, -0.2) is 129 Å². The minimum Gasteiger partial charge on any atom is -0.459 e. The van der Waals surface area contributed by atoms with Gasteiger partial charge in [-0.1, -0.05) is 26.8 Å². The molecule has 0 bridgehead atoms. The molecule has 0 aliphatic carbocycles. The van der Waals surface area contributed by atoms with E-state index in [1.54, 1.807) is 34.9 Å². The van der Waals surface area contributed by atoms with Gasteiger partial charge in [-0.05, 0) is 92.6 Å². The number of halogens is 4. The lowest BCUT2D eigenvalue weighted by atomic mass is 9.70. The lowest BCUT2D eigenvalue weighted by molar-refractivity contribution is -0.304. The van der Waals surface area contributed by atoms with Crippen molar-refractivity contribution in [2.45, 2.75) is 153 Å². The standard InChI is InChI=1S/C38H63F4N3O9/c1-11-29-36(8,50)31(47)24(6)44-17-20(2)16-35(7,49)32(54-34-30(46)28(45(9)10)15-21(3)52-34)22(4)37(51,23(5)33(48)53-29)19-43-18-25-26(38(40,41)42)13-12-14-27(25)39/h12-14,20-24,28-32,34,43-44,46-47,49-51H,11,15-19H2,1-10H3/t20-,21-,22-,23?,24-,28+,29-,30-,31-,32-,34+,35+,36-,37-/m1/s1. The highest BCUT2D eigenvalue weighted by atomic mass is 19.4. The van der Waals surface area contributed by atoms with Gasteiger partial charge in [-0.15, -0.1) is 0 Å². The van der Waals surface area contributed by atoms with Gasteiger partial charge in [0.2, 0.25) is 0 Å². The molecule has 0 amide bonds. The number of hydrogen-bond donors (Lipinski definition) is 7. The third-order valence-electron chi connectivity index (χ3n) is 11.6. The molecule has 2 aliphatic rings. The smallest absolute Gasteiger partial charge is 0.416 e. The number of alkyl halides is 3. The van der Waals surface area contributed by atoms with Crippen LogP contribution in [-0.2, 0) is 31.7 Å². The molecular weight excluding hydrogens is 718 g/mol. The fraction of sp³-hybridized carbons (Fsp3) is 0.816. The van der Waals surface area contributed by atoms with Gasteiger partial charge in [-0.3, -0.25) is 4.79 Å². The third kappa shape index (κ3) is 10.5. The number of likely N-dealkylation sites (N-methyl/N-ethyl adjacent to an activating group) is 1. The molecule has 16 heteroatoms. The lowest BCUT2D eigenvalue weighted by Crippen LogP contribution is -2.64. The Kier molecular flexibility index (Phi) is 15.5. The summed E-state index contributed by atoms with van der Waals surface area (Å²) in [4.78, 5) is 15.9. The predicted octanol–water partition coefficient (Wildman–Crippen LogP) is 2.95. The molecule has 1 aromatic carbocycles. The van der Waals surface area contributed by atoms with E-state index in [2.05, 4.69) is 10.6 Å². The van der Waals surface area contributed by atoms with Crippen molar-refractivity contribution in [1.82, 2.24) is 15.5 Å². The van der Waals surface area contributed by atoms with E-state index in [9.17, 15) is 47.9 Å². The van der Waals surface area contributed by atoms with E-state index in [0.29, 0.717) is 6.42 Å². The second kappa shape index (κ2) is 18.1. The Labute approximate surface area is 316 Å². The molecular formula is C38H63F4N3O9. The second-order valence-electron chi connectivity index (χ2n) is 16.4. The Hall–Kier alpha value is -1.99. The zero-order chi connectivity index (χ0) is 41.1. The number of carbonyl (C=O) groups excluding carboxylic acids is 1. The molecule has 2 saturated heterocycles. The highest BCUT2D eigenvalue weighted by Gasteiger charge is 2.55. The Bertz CT molecular complexity index is 1390. The average Bonchev–Trinajstić information content (AvgIpc) is 3.07. The van der Waals surface area contributed by atoms with Crippen LogP contribution in [0, 0.1) is 23.6 Å². The average molecular weight is 782 g/mol. The third-order valence-corrected chi connectivity index (χ3v) is 11.6. The molecule has 14 atom stereocenters. The molecule has 2 fully saturated rings. The van der Waals surface area contributed by atoms with Crippen molar-refractivity contribution < 1.29 is 62.1 Å². The molecule has 0 aromatic heterocycles. The van der Waals surface area contributed by atoms with Crippen LogP contribution < -0.4 is 10.6 Å². The summed E-state index contributed by atoms with van der Waals surface area (Å²) in [6.45, 7) is 11.5. The zero-order valence-electron chi connectivity index (χ0n) is 33.2. The number of carbonyl (C=O) groups is 1. The fourth-order valence-electron chi connectivity index (χ4n) is 8.12. The first-order valence-corrected chi connectivity index (χ1v) is 18.8. The maximum absolute atomic E-state index is 14.9. The molecule has 0 spiro atoms. The molecule has 7 N–H and O–H groups in total. The van der Waals surface area contributed by atoms with Gasteiger partial charge >= 0.3 is 12.1 Å². The molecule has 3 rings (SSSR count). The minimum absolute atomic E-state index is 0.0216. The van der Waals surface area contributed by atoms with Crippen molar-refractivity contribution in [3.05, 3.63) is 35.1 Å². The van der Waals surface area contributed by atoms with E-state index in [-0.39, 0.29) is 31.4 Å². The summed E-state index contributed by atoms with van der Waals surface area (Å²) in [5, 5.41) is 65.2. The second-order valence-corrected chi connectivity index (χ2v) is 16.4. The van der Waals surface area contributed by atoms with Crippen LogP contribution in [0.1, 0.15) is 85.8 Å². The van der Waals surface area contributed by atoms with E-state index in [4.69, 9.17) is 14.2 Å². The topological polar surface area (TPSA) is 173 Å². The molecule has 0 radical (unpaired) electrons. The first-order chi connectivity index (χ1) is 24.8. The van der Waals surface area contributed by atoms with Crippen molar-refractivity contribution in [3.63, 3.8) is 0 Å². The molecule has 54 heavy (non-hydrogen) atoms. The highest BCUT2D eigenvalue weighted by molar-refractivity contribution is 5.74. The summed E-state index contributed by atoms with van der Waals surface area (Å²) in [7, 11) is 3.58. The van der Waals surface area contributed by atoms with Gasteiger partial charge in [0.1, 0.15) is 29.7 Å². The summed E-state index contributed by atoms with van der Waals surface area (Å²) < 4.78 is 74.9.